The van der Waals surface area contributed by atoms with E-state index in [0.717, 1.165) is 12.8 Å². The normalized spacial score (nSPS) is 38.1. The molecule has 1 amide bonds. The number of hydrogen-bond donors (Lipinski definition) is 2. The largest absolute Gasteiger partial charge is 0.479 e. The topological polar surface area (TPSA) is 83.6 Å². The van der Waals surface area contributed by atoms with E-state index in [1.54, 1.807) is 4.90 Å². The van der Waals surface area contributed by atoms with Gasteiger partial charge in [0.05, 0.1) is 6.04 Å². The molecule has 5 nitrogen and oxygen atoms in total. The Kier molecular flexibility index (Phi) is 1.60. The molecule has 0 aliphatic carbocycles. The number of piperidine rings is 1. The maximum Gasteiger partial charge on any atom is 0.335 e. The Balaban J connectivity index is 2.24. The molecule has 0 aromatic rings. The van der Waals surface area contributed by atoms with Crippen molar-refractivity contribution in [2.75, 3.05) is 6.54 Å². The minimum atomic E-state index is -1.62. The molecule has 3 N–H and O–H groups in total. The Labute approximate surface area is 75.5 Å². The van der Waals surface area contributed by atoms with Gasteiger partial charge in [-0.25, -0.2) is 4.79 Å². The van der Waals surface area contributed by atoms with Crippen molar-refractivity contribution in [3.05, 3.63) is 0 Å². The Bertz CT molecular complexity index is 279. The minimum absolute atomic E-state index is 0.272. The second kappa shape index (κ2) is 2.45. The Morgan fingerprint density at radius 2 is 2.31 bits per heavy atom. The van der Waals surface area contributed by atoms with Crippen molar-refractivity contribution in [3.8, 4) is 0 Å². The summed E-state index contributed by atoms with van der Waals surface area (Å²) in [6.07, 6.45) is 2.63. The van der Waals surface area contributed by atoms with Crippen molar-refractivity contribution in [1.29, 1.82) is 0 Å². The van der Waals surface area contributed by atoms with Gasteiger partial charge in [0, 0.05) is 6.54 Å². The van der Waals surface area contributed by atoms with Gasteiger partial charge in [-0.1, -0.05) is 0 Å². The van der Waals surface area contributed by atoms with Gasteiger partial charge >= 0.3 is 5.97 Å². The van der Waals surface area contributed by atoms with E-state index in [4.69, 9.17) is 10.8 Å². The number of carbonyl (C=O) groups excluding carboxylic acids is 1. The average Bonchev–Trinajstić information content (AvgIpc) is 2.15. The van der Waals surface area contributed by atoms with Gasteiger partial charge < -0.3 is 15.7 Å². The molecule has 2 aliphatic heterocycles. The van der Waals surface area contributed by atoms with Crippen molar-refractivity contribution in [3.63, 3.8) is 0 Å². The van der Waals surface area contributed by atoms with Gasteiger partial charge in [0.2, 0.25) is 5.54 Å². The van der Waals surface area contributed by atoms with E-state index < -0.39 is 17.4 Å². The van der Waals surface area contributed by atoms with Gasteiger partial charge in [-0.15, -0.1) is 0 Å². The highest BCUT2D eigenvalue weighted by molar-refractivity contribution is 6.12. The summed E-state index contributed by atoms with van der Waals surface area (Å²) in [6, 6.07) is -0.272. The molecule has 0 radical (unpaired) electrons. The third-order valence-corrected chi connectivity index (χ3v) is 3.00. The molecule has 0 aromatic heterocycles. The van der Waals surface area contributed by atoms with Crippen LogP contribution in [0.2, 0.25) is 0 Å². The lowest BCUT2D eigenvalue weighted by Crippen LogP contribution is -2.82. The summed E-state index contributed by atoms with van der Waals surface area (Å²) in [5, 5.41) is 8.83. The molecule has 0 bridgehead atoms. The monoisotopic (exact) mass is 184 g/mol. The van der Waals surface area contributed by atoms with Gasteiger partial charge in [0.15, 0.2) is 0 Å². The fourth-order valence-corrected chi connectivity index (χ4v) is 2.20. The second-order valence-electron chi connectivity index (χ2n) is 3.68. The Morgan fingerprint density at radius 1 is 1.62 bits per heavy atom. The highest BCUT2D eigenvalue weighted by Gasteiger charge is 2.63. The van der Waals surface area contributed by atoms with Crippen LogP contribution in [-0.2, 0) is 9.59 Å². The lowest BCUT2D eigenvalue weighted by atomic mass is 9.75. The number of nitrogens with zero attached hydrogens (tertiary/aromatic N) is 1. The average molecular weight is 184 g/mol. The quantitative estimate of drug-likeness (QED) is 0.411. The van der Waals surface area contributed by atoms with Crippen molar-refractivity contribution in [2.45, 2.75) is 30.8 Å². The molecule has 0 aromatic carbocycles. The van der Waals surface area contributed by atoms with Crippen molar-refractivity contribution in [2.24, 2.45) is 5.73 Å². The summed E-state index contributed by atoms with van der Waals surface area (Å²) in [6.45, 7) is 0.662. The third kappa shape index (κ3) is 0.848. The summed E-state index contributed by atoms with van der Waals surface area (Å²) in [5.74, 6) is -1.62. The smallest absolute Gasteiger partial charge is 0.335 e. The summed E-state index contributed by atoms with van der Waals surface area (Å²) >= 11 is 0. The van der Waals surface area contributed by atoms with Gasteiger partial charge in [0.1, 0.15) is 0 Å². The Morgan fingerprint density at radius 3 is 2.92 bits per heavy atom. The molecule has 0 spiro atoms. The van der Waals surface area contributed by atoms with Crippen LogP contribution in [0, 0.1) is 0 Å². The number of nitrogens with two attached hydrogens (primary N) is 1. The first-order valence-electron chi connectivity index (χ1n) is 4.42. The first-order chi connectivity index (χ1) is 6.08. The number of carboxylic acids is 1. The molecule has 2 rings (SSSR count). The van der Waals surface area contributed by atoms with E-state index >= 15 is 0 Å². The number of carbonyl (C=O) groups is 2. The zero-order valence-corrected chi connectivity index (χ0v) is 7.19. The van der Waals surface area contributed by atoms with Crippen LogP contribution < -0.4 is 5.73 Å². The molecule has 0 unspecified atom stereocenters. The highest BCUT2D eigenvalue weighted by Crippen LogP contribution is 2.35. The van der Waals surface area contributed by atoms with Crippen LogP contribution in [-0.4, -0.2) is 40.0 Å². The lowest BCUT2D eigenvalue weighted by molar-refractivity contribution is -0.176. The number of hydrogen-bond acceptors (Lipinski definition) is 3. The zero-order valence-electron chi connectivity index (χ0n) is 7.19. The van der Waals surface area contributed by atoms with Crippen LogP contribution >= 0.6 is 0 Å². The molecule has 2 atom stereocenters. The molecule has 2 heterocycles. The molecule has 2 aliphatic rings. The van der Waals surface area contributed by atoms with Crippen molar-refractivity contribution >= 4 is 11.9 Å². The number of aliphatic carboxylic acids is 1. The van der Waals surface area contributed by atoms with Crippen LogP contribution in [0.25, 0.3) is 0 Å². The van der Waals surface area contributed by atoms with Crippen LogP contribution in [0.5, 0.6) is 0 Å². The number of β-lactam (4-membered cyclic amide) rings is 1. The first-order valence-corrected chi connectivity index (χ1v) is 4.42. The van der Waals surface area contributed by atoms with E-state index in [2.05, 4.69) is 0 Å². The molecule has 2 fully saturated rings. The maximum atomic E-state index is 11.4. The predicted octanol–water partition coefficient (Wildman–Crippen LogP) is -0.837. The number of rotatable bonds is 1. The lowest BCUT2D eigenvalue weighted by Gasteiger charge is -2.53. The van der Waals surface area contributed by atoms with Crippen LogP contribution in [0.3, 0.4) is 0 Å². The van der Waals surface area contributed by atoms with Gasteiger partial charge in [-0.3, -0.25) is 4.79 Å². The van der Waals surface area contributed by atoms with E-state index in [-0.39, 0.29) is 6.04 Å². The number of carboxylic acid groups (broad SMARTS) is 1. The third-order valence-electron chi connectivity index (χ3n) is 3.00. The van der Waals surface area contributed by atoms with E-state index in [1.165, 1.54) is 0 Å². The van der Waals surface area contributed by atoms with E-state index in [9.17, 15) is 9.59 Å². The molecular formula is C8H12N2O3. The molecule has 13 heavy (non-hydrogen) atoms. The van der Waals surface area contributed by atoms with Gasteiger partial charge in [0.25, 0.3) is 5.91 Å². The van der Waals surface area contributed by atoms with E-state index in [1.807, 2.05) is 0 Å². The van der Waals surface area contributed by atoms with Crippen LogP contribution in [0.1, 0.15) is 19.3 Å². The molecule has 0 saturated carbocycles. The summed E-state index contributed by atoms with van der Waals surface area (Å²) in [4.78, 5) is 23.8. The standard InChI is InChI=1S/C8H12N2O3/c9-8(7(12)13)5-3-1-2-4-10(5)6(8)11/h5H,1-4,9H2,(H,12,13)/t5-,8+/m0/s1. The summed E-state index contributed by atoms with van der Waals surface area (Å²) in [5.41, 5.74) is 3.93. The molecular weight excluding hydrogens is 172 g/mol. The molecule has 72 valence electrons. The maximum absolute atomic E-state index is 11.4. The first kappa shape index (κ1) is 8.50. The highest BCUT2D eigenvalue weighted by atomic mass is 16.4. The molecule has 5 heteroatoms. The Hall–Kier alpha value is -1.10. The molecule has 2 saturated heterocycles. The van der Waals surface area contributed by atoms with Gasteiger partial charge in [-0.2, -0.15) is 0 Å². The van der Waals surface area contributed by atoms with Crippen LogP contribution in [0.4, 0.5) is 0 Å². The van der Waals surface area contributed by atoms with Crippen molar-refractivity contribution in [1.82, 2.24) is 4.90 Å². The second-order valence-corrected chi connectivity index (χ2v) is 3.68. The van der Waals surface area contributed by atoms with Gasteiger partial charge in [-0.05, 0) is 19.3 Å². The summed E-state index contributed by atoms with van der Waals surface area (Å²) < 4.78 is 0. The van der Waals surface area contributed by atoms with Crippen LogP contribution in [0.15, 0.2) is 0 Å². The minimum Gasteiger partial charge on any atom is -0.479 e. The fourth-order valence-electron chi connectivity index (χ4n) is 2.20. The van der Waals surface area contributed by atoms with E-state index in [0.29, 0.717) is 13.0 Å². The zero-order chi connectivity index (χ0) is 9.64. The van der Waals surface area contributed by atoms with Crippen molar-refractivity contribution < 1.29 is 14.7 Å². The number of amides is 1. The SMILES string of the molecule is N[C@@]1(C(=O)O)C(=O)N2CCCC[C@H]21. The number of fused-ring (bicyclic) bond motifs is 1. The predicted molar refractivity (Wildman–Crippen MR) is 43.9 cm³/mol. The fraction of sp³-hybridized carbons (Fsp3) is 0.750. The summed E-state index contributed by atoms with van der Waals surface area (Å²) in [7, 11) is 0.